The number of aliphatic hydroxyl groups is 1. The van der Waals surface area contributed by atoms with Crippen LogP contribution in [0, 0.1) is 11.8 Å². The van der Waals surface area contributed by atoms with Crippen LogP contribution >= 0.6 is 0 Å². The molecule has 22 heavy (non-hydrogen) atoms. The molecule has 2 atom stereocenters. The van der Waals surface area contributed by atoms with E-state index in [1.54, 1.807) is 0 Å². The topological polar surface area (TPSA) is 74.6 Å². The average Bonchev–Trinajstić information content (AvgIpc) is 2.24. The van der Waals surface area contributed by atoms with Gasteiger partial charge >= 0.3 is 5.97 Å². The fourth-order valence-electron chi connectivity index (χ4n) is 2.94. The molecule has 5 heteroatoms. The van der Waals surface area contributed by atoms with Gasteiger partial charge in [0.25, 0.3) is 0 Å². The van der Waals surface area contributed by atoms with Crippen LogP contribution in [0.15, 0.2) is 0 Å². The molecular weight excluding hydrogens is 282 g/mol. The van der Waals surface area contributed by atoms with Gasteiger partial charge in [-0.2, -0.15) is 0 Å². The quantitative estimate of drug-likeness (QED) is 0.607. The van der Waals surface area contributed by atoms with Crippen molar-refractivity contribution < 1.29 is 24.3 Å². The number of likely N-dealkylation sites (N-methyl/N-ethyl adjacent to an activating group) is 1. The van der Waals surface area contributed by atoms with Crippen molar-refractivity contribution in [1.82, 2.24) is 0 Å². The zero-order valence-electron chi connectivity index (χ0n) is 15.2. The highest BCUT2D eigenvalue weighted by molar-refractivity contribution is 5.91. The van der Waals surface area contributed by atoms with Gasteiger partial charge in [0.2, 0.25) is 0 Å². The number of Topliss-reactive ketones (excluding diaryl/α,β-unsaturated/α-hetero) is 1. The van der Waals surface area contributed by atoms with Gasteiger partial charge in [-0.1, -0.05) is 27.7 Å². The second kappa shape index (κ2) is 8.06. The molecule has 5 nitrogen and oxygen atoms in total. The minimum Gasteiger partial charge on any atom is -0.481 e. The van der Waals surface area contributed by atoms with Crippen molar-refractivity contribution in [2.24, 2.45) is 11.8 Å². The van der Waals surface area contributed by atoms with Gasteiger partial charge in [-0.15, -0.1) is 0 Å². The lowest BCUT2D eigenvalue weighted by molar-refractivity contribution is -0.902. The highest BCUT2D eigenvalue weighted by Gasteiger charge is 2.51. The SMILES string of the molecule is CC(C)CCC(C(O)(CC(=O)O)C(=O)CC(C)C)[N+](C)(C)C. The summed E-state index contributed by atoms with van der Waals surface area (Å²) in [5.41, 5.74) is -1.82. The van der Waals surface area contributed by atoms with E-state index in [-0.39, 0.29) is 18.1 Å². The minimum atomic E-state index is -1.82. The third-order valence-corrected chi connectivity index (χ3v) is 4.00. The van der Waals surface area contributed by atoms with Crippen molar-refractivity contribution in [3.8, 4) is 0 Å². The average molecular weight is 316 g/mol. The van der Waals surface area contributed by atoms with Crippen LogP contribution in [0.4, 0.5) is 0 Å². The van der Waals surface area contributed by atoms with Crippen LogP contribution in [0.2, 0.25) is 0 Å². The molecule has 0 heterocycles. The zero-order valence-corrected chi connectivity index (χ0v) is 15.2. The van der Waals surface area contributed by atoms with Crippen molar-refractivity contribution in [3.63, 3.8) is 0 Å². The maximum Gasteiger partial charge on any atom is 0.307 e. The molecule has 0 aliphatic rings. The van der Waals surface area contributed by atoms with E-state index >= 15 is 0 Å². The zero-order chi connectivity index (χ0) is 17.7. The Labute approximate surface area is 134 Å². The number of carbonyl (C=O) groups is 2. The molecule has 0 aliphatic heterocycles. The molecule has 2 N–H and O–H groups in total. The Morgan fingerprint density at radius 2 is 1.50 bits per heavy atom. The largest absolute Gasteiger partial charge is 0.481 e. The normalized spacial score (nSPS) is 16.6. The summed E-state index contributed by atoms with van der Waals surface area (Å²) >= 11 is 0. The molecular formula is C17H34NO4+. The monoisotopic (exact) mass is 316 g/mol. The first-order valence-corrected chi connectivity index (χ1v) is 8.09. The van der Waals surface area contributed by atoms with Gasteiger partial charge in [0.05, 0.1) is 27.6 Å². The smallest absolute Gasteiger partial charge is 0.307 e. The van der Waals surface area contributed by atoms with Crippen molar-refractivity contribution in [2.45, 2.75) is 65.0 Å². The molecule has 0 spiro atoms. The summed E-state index contributed by atoms with van der Waals surface area (Å²) < 4.78 is 0.361. The first-order chi connectivity index (χ1) is 9.80. The molecule has 0 rings (SSSR count). The molecule has 0 aromatic heterocycles. The maximum atomic E-state index is 12.6. The van der Waals surface area contributed by atoms with Gasteiger partial charge < -0.3 is 14.7 Å². The lowest BCUT2D eigenvalue weighted by Gasteiger charge is -2.43. The summed E-state index contributed by atoms with van der Waals surface area (Å²) in [5, 5.41) is 20.3. The lowest BCUT2D eigenvalue weighted by atomic mass is 9.78. The fourth-order valence-corrected chi connectivity index (χ4v) is 2.94. The number of carboxylic acids is 1. The molecule has 0 amide bonds. The van der Waals surface area contributed by atoms with Gasteiger partial charge in [0.1, 0.15) is 6.04 Å². The number of quaternary nitrogens is 1. The summed E-state index contributed by atoms with van der Waals surface area (Å²) in [4.78, 5) is 23.9. The first-order valence-electron chi connectivity index (χ1n) is 8.09. The number of carboxylic acid groups (broad SMARTS) is 1. The Kier molecular flexibility index (Phi) is 7.72. The Bertz CT molecular complexity index is 385. The third-order valence-electron chi connectivity index (χ3n) is 4.00. The van der Waals surface area contributed by atoms with E-state index in [1.165, 1.54) is 0 Å². The van der Waals surface area contributed by atoms with Crippen LogP contribution in [-0.4, -0.2) is 59.2 Å². The van der Waals surface area contributed by atoms with Gasteiger partial charge in [0.15, 0.2) is 11.4 Å². The van der Waals surface area contributed by atoms with E-state index in [4.69, 9.17) is 0 Å². The second-order valence-electron chi connectivity index (χ2n) is 8.12. The van der Waals surface area contributed by atoms with Gasteiger partial charge in [-0.05, 0) is 18.3 Å². The number of hydrogen-bond acceptors (Lipinski definition) is 3. The minimum absolute atomic E-state index is 0.0889. The summed E-state index contributed by atoms with van der Waals surface area (Å²) in [7, 11) is 5.71. The van der Waals surface area contributed by atoms with E-state index < -0.39 is 24.0 Å². The highest BCUT2D eigenvalue weighted by Crippen LogP contribution is 2.31. The third kappa shape index (κ3) is 6.44. The molecule has 0 saturated heterocycles. The van der Waals surface area contributed by atoms with Crippen LogP contribution in [0.3, 0.4) is 0 Å². The van der Waals surface area contributed by atoms with Crippen molar-refractivity contribution >= 4 is 11.8 Å². The molecule has 0 radical (unpaired) electrons. The summed E-state index contributed by atoms with van der Waals surface area (Å²) in [5.74, 6) is -0.969. The molecule has 0 aliphatic carbocycles. The number of hydrogen-bond donors (Lipinski definition) is 2. The molecule has 2 unspecified atom stereocenters. The van der Waals surface area contributed by atoms with Crippen molar-refractivity contribution in [2.75, 3.05) is 21.1 Å². The van der Waals surface area contributed by atoms with Crippen LogP contribution in [0.25, 0.3) is 0 Å². The van der Waals surface area contributed by atoms with Gasteiger partial charge in [-0.3, -0.25) is 9.59 Å². The fraction of sp³-hybridized carbons (Fsp3) is 0.882. The number of ketones is 1. The Morgan fingerprint density at radius 1 is 1.00 bits per heavy atom. The Hall–Kier alpha value is -0.940. The number of carbonyl (C=O) groups excluding carboxylic acids is 1. The maximum absolute atomic E-state index is 12.6. The molecule has 0 fully saturated rings. The molecule has 0 saturated carbocycles. The van der Waals surface area contributed by atoms with E-state index in [0.717, 1.165) is 6.42 Å². The van der Waals surface area contributed by atoms with E-state index in [1.807, 2.05) is 35.0 Å². The Balaban J connectivity index is 5.63. The molecule has 130 valence electrons. The first kappa shape index (κ1) is 21.1. The predicted octanol–water partition coefficient (Wildman–Crippen LogP) is 2.32. The summed E-state index contributed by atoms with van der Waals surface area (Å²) in [6.07, 6.45) is 1.13. The van der Waals surface area contributed by atoms with Crippen molar-refractivity contribution in [3.05, 3.63) is 0 Å². The standard InChI is InChI=1S/C17H33NO4/c1-12(2)8-9-14(18(5,6)7)17(22,11-16(20)21)15(19)10-13(3)4/h12-14,22H,8-11H2,1-7H3/p+1. The number of rotatable bonds is 10. The van der Waals surface area contributed by atoms with E-state index in [9.17, 15) is 19.8 Å². The molecule has 0 aromatic rings. The lowest BCUT2D eigenvalue weighted by Crippen LogP contribution is -2.63. The number of aliphatic carboxylic acids is 1. The summed E-state index contributed by atoms with van der Waals surface area (Å²) in [6, 6.07) is -0.433. The van der Waals surface area contributed by atoms with Crippen molar-refractivity contribution in [1.29, 1.82) is 0 Å². The van der Waals surface area contributed by atoms with Crippen LogP contribution in [0.1, 0.15) is 53.4 Å². The second-order valence-corrected chi connectivity index (χ2v) is 8.12. The van der Waals surface area contributed by atoms with E-state index in [0.29, 0.717) is 16.8 Å². The van der Waals surface area contributed by atoms with Crippen LogP contribution in [-0.2, 0) is 9.59 Å². The van der Waals surface area contributed by atoms with Gasteiger partial charge in [-0.25, -0.2) is 0 Å². The Morgan fingerprint density at radius 3 is 1.82 bits per heavy atom. The summed E-state index contributed by atoms with van der Waals surface area (Å²) in [6.45, 7) is 7.96. The number of nitrogens with zero attached hydrogens (tertiary/aromatic N) is 1. The predicted molar refractivity (Wildman–Crippen MR) is 87.6 cm³/mol. The van der Waals surface area contributed by atoms with Crippen LogP contribution < -0.4 is 0 Å². The molecule has 0 bridgehead atoms. The van der Waals surface area contributed by atoms with Gasteiger partial charge in [0, 0.05) is 12.8 Å². The highest BCUT2D eigenvalue weighted by atomic mass is 16.4. The van der Waals surface area contributed by atoms with Crippen LogP contribution in [0.5, 0.6) is 0 Å². The molecule has 0 aromatic carbocycles. The van der Waals surface area contributed by atoms with E-state index in [2.05, 4.69) is 13.8 Å².